The number of carbonyl (C=O) groups excluding carboxylic acids is 2. The Kier molecular flexibility index (Phi) is 6.13. The van der Waals surface area contributed by atoms with E-state index < -0.39 is 15.7 Å². The monoisotopic (exact) mass is 528 g/mol. The Morgan fingerprint density at radius 1 is 1.17 bits per heavy atom. The van der Waals surface area contributed by atoms with Crippen molar-refractivity contribution in [2.45, 2.75) is 48.9 Å². The molecule has 0 bridgehead atoms. The zero-order valence-electron chi connectivity index (χ0n) is 20.2. The molecule has 1 saturated heterocycles. The number of carbonyl (C=O) groups is 2. The smallest absolute Gasteiger partial charge is 0.269 e. The number of hydrogen-bond donors (Lipinski definition) is 3. The van der Waals surface area contributed by atoms with Crippen LogP contribution in [0.3, 0.4) is 0 Å². The van der Waals surface area contributed by atoms with Crippen LogP contribution in [0.5, 0.6) is 0 Å². The predicted molar refractivity (Wildman–Crippen MR) is 138 cm³/mol. The Morgan fingerprint density at radius 2 is 1.86 bits per heavy atom. The summed E-state index contributed by atoms with van der Waals surface area (Å²) >= 11 is 6.21. The average Bonchev–Trinajstić information content (AvgIpc) is 3.34. The average molecular weight is 529 g/mol. The molecule has 36 heavy (non-hydrogen) atoms. The molecule has 2 fully saturated rings. The molecule has 1 aromatic heterocycles. The summed E-state index contributed by atoms with van der Waals surface area (Å²) in [5.41, 5.74) is 7.56. The second-order valence-corrected chi connectivity index (χ2v) is 12.7. The SMILES string of the molecule is Cc1cc(C)cc(S(=O)(=O)c2c(C(=O)NC3CC4(CCN(CC(N)=O)C4)C3)[nH]c3ccc(Cl)cc23)c1. The van der Waals surface area contributed by atoms with Gasteiger partial charge in [0.2, 0.25) is 15.7 Å². The molecule has 5 rings (SSSR count). The van der Waals surface area contributed by atoms with Crippen LogP contribution in [-0.2, 0) is 14.6 Å². The molecule has 1 aliphatic heterocycles. The molecule has 0 radical (unpaired) electrons. The summed E-state index contributed by atoms with van der Waals surface area (Å²) in [7, 11) is -4.03. The minimum absolute atomic E-state index is 0.00847. The fourth-order valence-electron chi connectivity index (χ4n) is 5.85. The Hall–Kier alpha value is -2.88. The summed E-state index contributed by atoms with van der Waals surface area (Å²) in [6, 6.07) is 9.96. The first-order valence-corrected chi connectivity index (χ1v) is 13.8. The summed E-state index contributed by atoms with van der Waals surface area (Å²) in [5, 5.41) is 3.79. The van der Waals surface area contributed by atoms with Crippen molar-refractivity contribution in [2.75, 3.05) is 19.6 Å². The van der Waals surface area contributed by atoms with E-state index in [-0.39, 0.29) is 39.4 Å². The van der Waals surface area contributed by atoms with Crippen molar-refractivity contribution in [1.82, 2.24) is 15.2 Å². The van der Waals surface area contributed by atoms with Crippen LogP contribution < -0.4 is 11.1 Å². The number of aromatic amines is 1. The first-order chi connectivity index (χ1) is 17.0. The lowest BCUT2D eigenvalue weighted by Crippen LogP contribution is -2.52. The van der Waals surface area contributed by atoms with Gasteiger partial charge in [0.25, 0.3) is 5.91 Å². The number of H-pyrrole nitrogens is 1. The van der Waals surface area contributed by atoms with Gasteiger partial charge < -0.3 is 16.0 Å². The minimum Gasteiger partial charge on any atom is -0.369 e. The van der Waals surface area contributed by atoms with Crippen LogP contribution >= 0.6 is 11.6 Å². The number of likely N-dealkylation sites (tertiary alicyclic amines) is 1. The number of nitrogens with one attached hydrogen (secondary N) is 2. The Balaban J connectivity index is 1.44. The first kappa shape index (κ1) is 24.8. The van der Waals surface area contributed by atoms with E-state index in [1.54, 1.807) is 30.3 Å². The minimum atomic E-state index is -4.03. The van der Waals surface area contributed by atoms with Crippen molar-refractivity contribution in [3.8, 4) is 0 Å². The molecular formula is C26H29ClN4O4S. The maximum atomic E-state index is 13.9. The molecule has 2 heterocycles. The van der Waals surface area contributed by atoms with Crippen LogP contribution in [-0.4, -0.2) is 55.8 Å². The second-order valence-electron chi connectivity index (χ2n) is 10.4. The van der Waals surface area contributed by atoms with E-state index in [0.717, 1.165) is 43.5 Å². The predicted octanol–water partition coefficient (Wildman–Crippen LogP) is 3.34. The quantitative estimate of drug-likeness (QED) is 0.452. The van der Waals surface area contributed by atoms with Gasteiger partial charge in [-0.2, -0.15) is 0 Å². The van der Waals surface area contributed by atoms with Gasteiger partial charge in [0, 0.05) is 28.5 Å². The number of hydrogen-bond acceptors (Lipinski definition) is 5. The number of halogens is 1. The van der Waals surface area contributed by atoms with Crippen molar-refractivity contribution < 1.29 is 18.0 Å². The molecule has 2 amide bonds. The molecule has 1 saturated carbocycles. The molecule has 190 valence electrons. The molecule has 4 N–H and O–H groups in total. The molecule has 8 nitrogen and oxygen atoms in total. The van der Waals surface area contributed by atoms with E-state index in [4.69, 9.17) is 17.3 Å². The summed E-state index contributed by atoms with van der Waals surface area (Å²) in [5.74, 6) is -0.801. The van der Waals surface area contributed by atoms with Crippen LogP contribution in [0.25, 0.3) is 10.9 Å². The van der Waals surface area contributed by atoms with Crippen molar-refractivity contribution in [3.63, 3.8) is 0 Å². The van der Waals surface area contributed by atoms with Crippen LogP contribution in [0.4, 0.5) is 0 Å². The first-order valence-electron chi connectivity index (χ1n) is 11.9. The number of nitrogens with two attached hydrogens (primary N) is 1. The third-order valence-corrected chi connectivity index (χ3v) is 9.36. The van der Waals surface area contributed by atoms with Gasteiger partial charge in [0.1, 0.15) is 10.6 Å². The molecule has 3 aromatic rings. The van der Waals surface area contributed by atoms with Gasteiger partial charge in [-0.1, -0.05) is 17.7 Å². The lowest BCUT2D eigenvalue weighted by molar-refractivity contribution is -0.119. The van der Waals surface area contributed by atoms with E-state index in [1.165, 1.54) is 0 Å². The van der Waals surface area contributed by atoms with E-state index in [2.05, 4.69) is 15.2 Å². The highest BCUT2D eigenvalue weighted by atomic mass is 35.5. The summed E-state index contributed by atoms with van der Waals surface area (Å²) in [6.45, 7) is 5.51. The molecule has 1 spiro atoms. The van der Waals surface area contributed by atoms with Crippen LogP contribution in [0.2, 0.25) is 5.02 Å². The summed E-state index contributed by atoms with van der Waals surface area (Å²) in [6.07, 6.45) is 2.50. The number of aryl methyl sites for hydroxylation is 2. The summed E-state index contributed by atoms with van der Waals surface area (Å²) < 4.78 is 27.7. The van der Waals surface area contributed by atoms with E-state index in [0.29, 0.717) is 15.9 Å². The molecule has 0 atom stereocenters. The molecular weight excluding hydrogens is 500 g/mol. The number of sulfone groups is 1. The van der Waals surface area contributed by atoms with Gasteiger partial charge in [-0.25, -0.2) is 8.42 Å². The van der Waals surface area contributed by atoms with Crippen LogP contribution in [0, 0.1) is 19.3 Å². The van der Waals surface area contributed by atoms with E-state index in [1.807, 2.05) is 19.9 Å². The topological polar surface area (TPSA) is 125 Å². The van der Waals surface area contributed by atoms with E-state index in [9.17, 15) is 18.0 Å². The van der Waals surface area contributed by atoms with Crippen LogP contribution in [0.15, 0.2) is 46.2 Å². The third-order valence-electron chi connectivity index (χ3n) is 7.31. The fraction of sp³-hybridized carbons (Fsp3) is 0.385. The van der Waals surface area contributed by atoms with Crippen molar-refractivity contribution in [1.29, 1.82) is 0 Å². The molecule has 10 heteroatoms. The van der Waals surface area contributed by atoms with Gasteiger partial charge in [-0.15, -0.1) is 0 Å². The number of fused-ring (bicyclic) bond motifs is 1. The highest BCUT2D eigenvalue weighted by molar-refractivity contribution is 7.91. The van der Waals surface area contributed by atoms with Gasteiger partial charge in [-0.3, -0.25) is 14.5 Å². The Bertz CT molecular complexity index is 1470. The standard InChI is InChI=1S/C26H29ClN4O4S/c1-15-7-16(2)9-19(8-15)36(34,35)24-20-10-17(27)3-4-21(20)30-23(24)25(33)29-18-11-26(12-18)5-6-31(14-26)13-22(28)32/h3-4,7-10,18,30H,5-6,11-14H2,1-2H3,(H2,28,32)(H,29,33). The van der Waals surface area contributed by atoms with E-state index >= 15 is 0 Å². The number of benzene rings is 2. The zero-order chi connectivity index (χ0) is 25.8. The summed E-state index contributed by atoms with van der Waals surface area (Å²) in [4.78, 5) is 29.8. The molecule has 0 unspecified atom stereocenters. The van der Waals surface area contributed by atoms with Gasteiger partial charge in [0.15, 0.2) is 0 Å². The number of rotatable bonds is 6. The largest absolute Gasteiger partial charge is 0.369 e. The normalized spacial score (nSPS) is 22.1. The third kappa shape index (κ3) is 4.51. The highest BCUT2D eigenvalue weighted by Gasteiger charge is 2.49. The van der Waals surface area contributed by atoms with Crippen LogP contribution in [0.1, 0.15) is 40.9 Å². The highest BCUT2D eigenvalue weighted by Crippen LogP contribution is 2.48. The maximum absolute atomic E-state index is 13.9. The lowest BCUT2D eigenvalue weighted by atomic mass is 9.65. The molecule has 2 aromatic carbocycles. The van der Waals surface area contributed by atoms with Crippen molar-refractivity contribution in [3.05, 3.63) is 58.2 Å². The molecule has 1 aliphatic carbocycles. The van der Waals surface area contributed by atoms with Gasteiger partial charge in [0.05, 0.1) is 11.4 Å². The second kappa shape index (κ2) is 8.90. The Morgan fingerprint density at radius 3 is 2.53 bits per heavy atom. The van der Waals surface area contributed by atoms with Gasteiger partial charge >= 0.3 is 0 Å². The van der Waals surface area contributed by atoms with Gasteiger partial charge in [-0.05, 0) is 86.5 Å². The molecule has 2 aliphatic rings. The number of aromatic nitrogens is 1. The number of primary amides is 1. The maximum Gasteiger partial charge on any atom is 0.269 e. The number of nitrogens with zero attached hydrogens (tertiary/aromatic N) is 1. The fourth-order valence-corrected chi connectivity index (χ4v) is 7.81. The zero-order valence-corrected chi connectivity index (χ0v) is 21.8. The lowest BCUT2D eigenvalue weighted by Gasteiger charge is -2.45. The van der Waals surface area contributed by atoms with Crippen molar-refractivity contribution >= 4 is 44.2 Å². The van der Waals surface area contributed by atoms with Crippen molar-refractivity contribution in [2.24, 2.45) is 11.1 Å². The number of amides is 2. The Labute approximate surface area is 215 Å².